The molecule has 21 heavy (non-hydrogen) atoms. The molecule has 0 aromatic carbocycles. The number of aryl methyl sites for hydroxylation is 1. The molecule has 116 valence electrons. The van der Waals surface area contributed by atoms with Crippen molar-refractivity contribution in [3.63, 3.8) is 0 Å². The van der Waals surface area contributed by atoms with Crippen LogP contribution in [0.1, 0.15) is 39.4 Å². The van der Waals surface area contributed by atoms with E-state index in [1.54, 1.807) is 0 Å². The Labute approximate surface area is 130 Å². The number of hydrogen-bond donors (Lipinski definition) is 1. The molecule has 0 saturated carbocycles. The summed E-state index contributed by atoms with van der Waals surface area (Å²) in [4.78, 5) is 9.32. The average molecular weight is 307 g/mol. The van der Waals surface area contributed by atoms with Crippen molar-refractivity contribution in [3.05, 3.63) is 12.0 Å². The lowest BCUT2D eigenvalue weighted by Crippen LogP contribution is -2.06. The molecule has 0 atom stereocenters. The van der Waals surface area contributed by atoms with Gasteiger partial charge in [0.1, 0.15) is 11.6 Å². The minimum Gasteiger partial charge on any atom is -0.369 e. The van der Waals surface area contributed by atoms with Gasteiger partial charge in [0.25, 0.3) is 0 Å². The minimum atomic E-state index is 0.750. The number of hydrogen-bond acceptors (Lipinski definition) is 5. The summed E-state index contributed by atoms with van der Waals surface area (Å²) in [6.45, 7) is 7.58. The molecule has 0 saturated heterocycles. The summed E-state index contributed by atoms with van der Waals surface area (Å²) in [6, 6.07) is 0. The first kappa shape index (κ1) is 16.1. The van der Waals surface area contributed by atoms with Crippen molar-refractivity contribution in [3.8, 4) is 0 Å². The Morgan fingerprint density at radius 3 is 2.86 bits per heavy atom. The predicted molar refractivity (Wildman–Crippen MR) is 90.7 cm³/mol. The largest absolute Gasteiger partial charge is 0.369 e. The Hall–Kier alpha value is -1.30. The molecule has 2 heterocycles. The van der Waals surface area contributed by atoms with E-state index >= 15 is 0 Å². The minimum absolute atomic E-state index is 0.750. The zero-order valence-electron chi connectivity index (χ0n) is 13.4. The lowest BCUT2D eigenvalue weighted by molar-refractivity contribution is 0.632. The molecule has 0 unspecified atom stereocenters. The molecular weight excluding hydrogens is 282 g/mol. The lowest BCUT2D eigenvalue weighted by atomic mass is 10.2. The van der Waals surface area contributed by atoms with Gasteiger partial charge in [-0.2, -0.15) is 16.9 Å². The molecule has 0 aliphatic carbocycles. The van der Waals surface area contributed by atoms with Crippen LogP contribution in [0.4, 0.5) is 5.82 Å². The maximum atomic E-state index is 4.67. The zero-order valence-corrected chi connectivity index (χ0v) is 14.2. The van der Waals surface area contributed by atoms with Crippen LogP contribution in [0.2, 0.25) is 0 Å². The van der Waals surface area contributed by atoms with Gasteiger partial charge in [0.05, 0.1) is 17.3 Å². The number of nitrogens with zero attached hydrogens (tertiary/aromatic N) is 4. The van der Waals surface area contributed by atoms with E-state index in [0.717, 1.165) is 53.1 Å². The van der Waals surface area contributed by atoms with Gasteiger partial charge in [-0.3, -0.25) is 4.68 Å². The van der Waals surface area contributed by atoms with Gasteiger partial charge in [-0.15, -0.1) is 0 Å². The number of anilines is 1. The smallest absolute Gasteiger partial charge is 0.163 e. The normalized spacial score (nSPS) is 11.5. The molecule has 1 N–H and O–H groups in total. The molecule has 0 amide bonds. The Kier molecular flexibility index (Phi) is 5.85. The van der Waals surface area contributed by atoms with Crippen LogP contribution in [0.25, 0.3) is 11.0 Å². The van der Waals surface area contributed by atoms with Gasteiger partial charge >= 0.3 is 0 Å². The van der Waals surface area contributed by atoms with Gasteiger partial charge in [0.2, 0.25) is 0 Å². The van der Waals surface area contributed by atoms with E-state index in [4.69, 9.17) is 0 Å². The Morgan fingerprint density at radius 2 is 2.14 bits per heavy atom. The van der Waals surface area contributed by atoms with E-state index in [0.29, 0.717) is 0 Å². The van der Waals surface area contributed by atoms with Gasteiger partial charge < -0.3 is 5.32 Å². The highest BCUT2D eigenvalue weighted by molar-refractivity contribution is 7.98. The van der Waals surface area contributed by atoms with E-state index in [1.165, 1.54) is 6.42 Å². The SMILES string of the molecule is CCCNc1nc(CSCCC(C)C)nc2c1cnn2C. The van der Waals surface area contributed by atoms with Crippen molar-refractivity contribution < 1.29 is 0 Å². The van der Waals surface area contributed by atoms with Crippen molar-refractivity contribution in [1.29, 1.82) is 0 Å². The van der Waals surface area contributed by atoms with Gasteiger partial charge in [-0.1, -0.05) is 20.8 Å². The number of fused-ring (bicyclic) bond motifs is 1. The molecule has 0 aliphatic heterocycles. The Morgan fingerprint density at radius 1 is 1.33 bits per heavy atom. The fourth-order valence-corrected chi connectivity index (χ4v) is 3.09. The summed E-state index contributed by atoms with van der Waals surface area (Å²) in [5.41, 5.74) is 0.906. The third-order valence-electron chi connectivity index (χ3n) is 3.25. The van der Waals surface area contributed by atoms with Crippen molar-refractivity contribution >= 4 is 28.6 Å². The van der Waals surface area contributed by atoms with Crippen LogP contribution in [0.5, 0.6) is 0 Å². The van der Waals surface area contributed by atoms with Gasteiger partial charge in [-0.25, -0.2) is 9.97 Å². The quantitative estimate of drug-likeness (QED) is 0.757. The van der Waals surface area contributed by atoms with E-state index in [9.17, 15) is 0 Å². The fourth-order valence-electron chi connectivity index (χ4n) is 1.99. The maximum Gasteiger partial charge on any atom is 0.163 e. The second-order valence-electron chi connectivity index (χ2n) is 5.66. The molecule has 2 aromatic rings. The highest BCUT2D eigenvalue weighted by Crippen LogP contribution is 2.22. The molecule has 2 aromatic heterocycles. The van der Waals surface area contributed by atoms with Crippen molar-refractivity contribution in [2.24, 2.45) is 13.0 Å². The van der Waals surface area contributed by atoms with Crippen molar-refractivity contribution in [2.75, 3.05) is 17.6 Å². The Balaban J connectivity index is 2.13. The fraction of sp³-hybridized carbons (Fsp3) is 0.667. The van der Waals surface area contributed by atoms with Crippen LogP contribution in [0, 0.1) is 5.92 Å². The van der Waals surface area contributed by atoms with E-state index in [1.807, 2.05) is 29.7 Å². The Bertz CT molecular complexity index is 579. The maximum absolute atomic E-state index is 4.67. The molecule has 5 nitrogen and oxygen atoms in total. The predicted octanol–water partition coefficient (Wildman–Crippen LogP) is 3.46. The third-order valence-corrected chi connectivity index (χ3v) is 4.24. The molecule has 2 rings (SSSR count). The first-order valence-electron chi connectivity index (χ1n) is 7.62. The molecule has 0 aliphatic rings. The molecule has 0 bridgehead atoms. The summed E-state index contributed by atoms with van der Waals surface area (Å²) >= 11 is 1.90. The van der Waals surface area contributed by atoms with Gasteiger partial charge in [0.15, 0.2) is 5.65 Å². The highest BCUT2D eigenvalue weighted by Gasteiger charge is 2.11. The van der Waals surface area contributed by atoms with Crippen molar-refractivity contribution in [1.82, 2.24) is 19.7 Å². The van der Waals surface area contributed by atoms with Crippen LogP contribution in [0.15, 0.2) is 6.20 Å². The van der Waals surface area contributed by atoms with E-state index < -0.39 is 0 Å². The molecule has 6 heteroatoms. The van der Waals surface area contributed by atoms with Crippen LogP contribution in [0.3, 0.4) is 0 Å². The summed E-state index contributed by atoms with van der Waals surface area (Å²) in [6.07, 6.45) is 4.15. The van der Waals surface area contributed by atoms with Crippen LogP contribution in [-0.2, 0) is 12.8 Å². The second-order valence-corrected chi connectivity index (χ2v) is 6.76. The second kappa shape index (κ2) is 7.64. The molecule has 0 spiro atoms. The highest BCUT2D eigenvalue weighted by atomic mass is 32.2. The summed E-state index contributed by atoms with van der Waals surface area (Å²) < 4.78 is 1.82. The zero-order chi connectivity index (χ0) is 15.2. The van der Waals surface area contributed by atoms with E-state index in [2.05, 4.69) is 41.2 Å². The number of aromatic nitrogens is 4. The number of rotatable bonds is 8. The molecular formula is C15H25N5S. The topological polar surface area (TPSA) is 55.6 Å². The monoisotopic (exact) mass is 307 g/mol. The van der Waals surface area contributed by atoms with Crippen LogP contribution < -0.4 is 5.32 Å². The molecule has 0 fully saturated rings. The van der Waals surface area contributed by atoms with Crippen molar-refractivity contribution in [2.45, 2.75) is 39.4 Å². The van der Waals surface area contributed by atoms with Gasteiger partial charge in [0, 0.05) is 13.6 Å². The number of thioether (sulfide) groups is 1. The van der Waals surface area contributed by atoms with E-state index in [-0.39, 0.29) is 0 Å². The lowest BCUT2D eigenvalue weighted by Gasteiger charge is -2.08. The summed E-state index contributed by atoms with van der Waals surface area (Å²) in [5, 5.41) is 8.68. The first-order chi connectivity index (χ1) is 10.1. The standard InChI is InChI=1S/C15H25N5S/c1-5-7-16-14-12-9-17-20(4)15(12)19-13(18-14)10-21-8-6-11(2)3/h9,11H,5-8,10H2,1-4H3,(H,16,18,19). The first-order valence-corrected chi connectivity index (χ1v) is 8.77. The van der Waals surface area contributed by atoms with Crippen LogP contribution >= 0.6 is 11.8 Å². The van der Waals surface area contributed by atoms with Gasteiger partial charge in [-0.05, 0) is 24.5 Å². The van der Waals surface area contributed by atoms with Crippen LogP contribution in [-0.4, -0.2) is 32.0 Å². The summed E-state index contributed by atoms with van der Waals surface area (Å²) in [7, 11) is 1.93. The third kappa shape index (κ3) is 4.33. The number of nitrogens with one attached hydrogen (secondary N) is 1. The summed E-state index contributed by atoms with van der Waals surface area (Å²) in [5.74, 6) is 4.56. The molecule has 0 radical (unpaired) electrons. The average Bonchev–Trinajstić information content (AvgIpc) is 2.83.